The molecule has 7 nitrogen and oxygen atoms in total. The number of carbonyl (C=O) groups is 1. The minimum absolute atomic E-state index is 0.153. The smallest absolute Gasteiger partial charge is 0.233 e. The lowest BCUT2D eigenvalue weighted by atomic mass is 10.3. The molecule has 0 aliphatic carbocycles. The fourth-order valence-corrected chi connectivity index (χ4v) is 3.12. The summed E-state index contributed by atoms with van der Waals surface area (Å²) in [5.74, 6) is 0.934. The lowest BCUT2D eigenvalue weighted by Crippen LogP contribution is -2.47. The van der Waals surface area contributed by atoms with Crippen molar-refractivity contribution in [2.45, 2.75) is 25.0 Å². The maximum Gasteiger partial charge on any atom is 0.233 e. The van der Waals surface area contributed by atoms with Crippen LogP contribution in [0.1, 0.15) is 19.9 Å². The molecule has 20 heavy (non-hydrogen) atoms. The Kier molecular flexibility index (Phi) is 4.87. The van der Waals surface area contributed by atoms with Gasteiger partial charge in [0.25, 0.3) is 0 Å². The summed E-state index contributed by atoms with van der Waals surface area (Å²) >= 11 is 1.40. The molecule has 1 amide bonds. The molecular weight excluding hydrogens is 276 g/mol. The third kappa shape index (κ3) is 3.43. The van der Waals surface area contributed by atoms with Crippen LogP contribution in [0.15, 0.2) is 5.16 Å². The summed E-state index contributed by atoms with van der Waals surface area (Å²) in [6.45, 7) is 7.51. The molecule has 0 unspecified atom stereocenters. The highest BCUT2D eigenvalue weighted by atomic mass is 32.2. The largest absolute Gasteiger partial charge is 0.368 e. The average Bonchev–Trinajstić information content (AvgIpc) is 2.78. The Balaban J connectivity index is 1.90. The molecule has 0 atom stereocenters. The van der Waals surface area contributed by atoms with Gasteiger partial charge < -0.3 is 15.5 Å². The fourth-order valence-electron chi connectivity index (χ4n) is 2.15. The molecule has 0 aromatic carbocycles. The SMILES string of the molecule is CC(C)n1c(N)nnc1SCC(=O)N1CCN(C)CC1. The molecular formula is C12H22N6OS. The first-order chi connectivity index (χ1) is 9.49. The standard InChI is InChI=1S/C12H22N6OS/c1-9(2)18-11(13)14-15-12(18)20-8-10(19)17-6-4-16(3)5-7-17/h9H,4-8H2,1-3H3,(H2,13,14). The van der Waals surface area contributed by atoms with Crippen molar-refractivity contribution in [3.63, 3.8) is 0 Å². The van der Waals surface area contributed by atoms with Crippen molar-refractivity contribution in [2.24, 2.45) is 0 Å². The van der Waals surface area contributed by atoms with E-state index in [1.54, 1.807) is 0 Å². The van der Waals surface area contributed by atoms with Crippen molar-refractivity contribution in [1.29, 1.82) is 0 Å². The van der Waals surface area contributed by atoms with Gasteiger partial charge in [0.1, 0.15) is 0 Å². The van der Waals surface area contributed by atoms with E-state index in [1.807, 2.05) is 23.3 Å². The zero-order valence-corrected chi connectivity index (χ0v) is 13.1. The summed E-state index contributed by atoms with van der Waals surface area (Å²) in [4.78, 5) is 16.3. The molecule has 2 rings (SSSR count). The molecule has 0 bridgehead atoms. The molecule has 0 spiro atoms. The molecule has 8 heteroatoms. The Morgan fingerprint density at radius 2 is 1.95 bits per heavy atom. The van der Waals surface area contributed by atoms with Crippen LogP contribution in [0.5, 0.6) is 0 Å². The number of nitrogens with zero attached hydrogens (tertiary/aromatic N) is 5. The lowest BCUT2D eigenvalue weighted by Gasteiger charge is -2.32. The van der Waals surface area contributed by atoms with E-state index in [4.69, 9.17) is 5.73 Å². The molecule has 0 radical (unpaired) electrons. The van der Waals surface area contributed by atoms with Gasteiger partial charge in [0.2, 0.25) is 11.9 Å². The van der Waals surface area contributed by atoms with Gasteiger partial charge in [0.05, 0.1) is 5.75 Å². The van der Waals surface area contributed by atoms with E-state index in [1.165, 1.54) is 11.8 Å². The van der Waals surface area contributed by atoms with Crippen molar-refractivity contribution in [1.82, 2.24) is 24.6 Å². The molecule has 1 aliphatic heterocycles. The number of rotatable bonds is 4. The highest BCUT2D eigenvalue weighted by Gasteiger charge is 2.20. The number of nitrogen functional groups attached to an aromatic ring is 1. The van der Waals surface area contributed by atoms with Crippen LogP contribution >= 0.6 is 11.8 Å². The second kappa shape index (κ2) is 6.45. The number of hydrogen-bond donors (Lipinski definition) is 1. The third-order valence-electron chi connectivity index (χ3n) is 3.39. The Labute approximate surface area is 123 Å². The summed E-state index contributed by atoms with van der Waals surface area (Å²) in [6, 6.07) is 0.186. The van der Waals surface area contributed by atoms with E-state index < -0.39 is 0 Å². The van der Waals surface area contributed by atoms with E-state index in [9.17, 15) is 4.79 Å². The minimum atomic E-state index is 0.153. The predicted molar refractivity (Wildman–Crippen MR) is 79.6 cm³/mol. The number of hydrogen-bond acceptors (Lipinski definition) is 6. The second-order valence-corrected chi connectivity index (χ2v) is 6.22. The van der Waals surface area contributed by atoms with Gasteiger partial charge in [-0.2, -0.15) is 0 Å². The molecule has 2 N–H and O–H groups in total. The van der Waals surface area contributed by atoms with Gasteiger partial charge in [0, 0.05) is 32.2 Å². The number of nitrogens with two attached hydrogens (primary N) is 1. The van der Waals surface area contributed by atoms with Gasteiger partial charge in [0.15, 0.2) is 5.16 Å². The molecule has 1 fully saturated rings. The first-order valence-electron chi connectivity index (χ1n) is 6.78. The Bertz CT molecular complexity index is 467. The summed E-state index contributed by atoms with van der Waals surface area (Å²) in [5.41, 5.74) is 5.78. The van der Waals surface area contributed by atoms with Gasteiger partial charge in [-0.3, -0.25) is 9.36 Å². The minimum Gasteiger partial charge on any atom is -0.368 e. The van der Waals surface area contributed by atoms with Crippen molar-refractivity contribution in [3.8, 4) is 0 Å². The number of piperazine rings is 1. The van der Waals surface area contributed by atoms with Crippen molar-refractivity contribution in [2.75, 3.05) is 44.7 Å². The number of thioether (sulfide) groups is 1. The highest BCUT2D eigenvalue weighted by molar-refractivity contribution is 7.99. The third-order valence-corrected chi connectivity index (χ3v) is 4.32. The molecule has 1 aromatic rings. The van der Waals surface area contributed by atoms with E-state index >= 15 is 0 Å². The summed E-state index contributed by atoms with van der Waals surface area (Å²) < 4.78 is 1.85. The molecule has 1 aliphatic rings. The van der Waals surface area contributed by atoms with Crippen LogP contribution < -0.4 is 5.73 Å². The van der Waals surface area contributed by atoms with Crippen molar-refractivity contribution in [3.05, 3.63) is 0 Å². The van der Waals surface area contributed by atoms with Crippen LogP contribution in [-0.2, 0) is 4.79 Å². The second-order valence-electron chi connectivity index (χ2n) is 5.28. The molecule has 1 aromatic heterocycles. The first kappa shape index (κ1) is 15.1. The van der Waals surface area contributed by atoms with Crippen LogP contribution in [0.4, 0.5) is 5.95 Å². The lowest BCUT2D eigenvalue weighted by molar-refractivity contribution is -0.129. The average molecular weight is 298 g/mol. The highest BCUT2D eigenvalue weighted by Crippen LogP contribution is 2.22. The normalized spacial score (nSPS) is 16.9. The van der Waals surface area contributed by atoms with Crippen LogP contribution in [0.25, 0.3) is 0 Å². The van der Waals surface area contributed by atoms with E-state index in [-0.39, 0.29) is 11.9 Å². The number of aromatic nitrogens is 3. The predicted octanol–water partition coefficient (Wildman–Crippen LogP) is 0.307. The molecule has 112 valence electrons. The number of anilines is 1. The number of likely N-dealkylation sites (N-methyl/N-ethyl adjacent to an activating group) is 1. The van der Waals surface area contributed by atoms with Gasteiger partial charge in [-0.05, 0) is 20.9 Å². The van der Waals surface area contributed by atoms with Crippen LogP contribution in [0.3, 0.4) is 0 Å². The van der Waals surface area contributed by atoms with Gasteiger partial charge in [-0.25, -0.2) is 0 Å². The quantitative estimate of drug-likeness (QED) is 0.806. The van der Waals surface area contributed by atoms with E-state index in [2.05, 4.69) is 22.1 Å². The van der Waals surface area contributed by atoms with Gasteiger partial charge in [-0.15, -0.1) is 10.2 Å². The van der Waals surface area contributed by atoms with Crippen LogP contribution in [-0.4, -0.2) is 69.5 Å². The summed E-state index contributed by atoms with van der Waals surface area (Å²) in [7, 11) is 2.07. The van der Waals surface area contributed by atoms with E-state index in [0.717, 1.165) is 26.2 Å². The fraction of sp³-hybridized carbons (Fsp3) is 0.750. The monoisotopic (exact) mass is 298 g/mol. The topological polar surface area (TPSA) is 80.3 Å². The zero-order chi connectivity index (χ0) is 14.7. The Hall–Kier alpha value is -1.28. The number of amides is 1. The van der Waals surface area contributed by atoms with Crippen LogP contribution in [0.2, 0.25) is 0 Å². The molecule has 1 saturated heterocycles. The molecule has 2 heterocycles. The maximum absolute atomic E-state index is 12.2. The Morgan fingerprint density at radius 3 is 2.55 bits per heavy atom. The van der Waals surface area contributed by atoms with Crippen LogP contribution in [0, 0.1) is 0 Å². The van der Waals surface area contributed by atoms with Gasteiger partial charge >= 0.3 is 0 Å². The summed E-state index contributed by atoms with van der Waals surface area (Å²) in [5, 5.41) is 8.62. The van der Waals surface area contributed by atoms with Crippen molar-refractivity contribution < 1.29 is 4.79 Å². The maximum atomic E-state index is 12.2. The zero-order valence-electron chi connectivity index (χ0n) is 12.2. The first-order valence-corrected chi connectivity index (χ1v) is 7.77. The van der Waals surface area contributed by atoms with E-state index in [0.29, 0.717) is 16.9 Å². The Morgan fingerprint density at radius 1 is 1.30 bits per heavy atom. The summed E-state index contributed by atoms with van der Waals surface area (Å²) in [6.07, 6.45) is 0. The molecule has 0 saturated carbocycles. The number of carbonyl (C=O) groups excluding carboxylic acids is 1. The van der Waals surface area contributed by atoms with Crippen molar-refractivity contribution >= 4 is 23.6 Å². The van der Waals surface area contributed by atoms with Gasteiger partial charge in [-0.1, -0.05) is 11.8 Å².